The molecule has 0 aliphatic carbocycles. The van der Waals surface area contributed by atoms with E-state index in [2.05, 4.69) is 127 Å². The predicted molar refractivity (Wildman–Crippen MR) is 166 cm³/mol. The molecule has 0 aliphatic rings. The van der Waals surface area contributed by atoms with Crippen LogP contribution in [-0.2, 0) is 0 Å². The van der Waals surface area contributed by atoms with E-state index < -0.39 is 0 Å². The third kappa shape index (κ3) is 2.90. The van der Waals surface area contributed by atoms with Gasteiger partial charge in [0.05, 0.1) is 0 Å². The fourth-order valence-corrected chi connectivity index (χ4v) is 6.60. The molecule has 0 saturated heterocycles. The Kier molecular flexibility index (Phi) is 4.11. The van der Waals surface area contributed by atoms with Gasteiger partial charge < -0.3 is 4.42 Å². The molecule has 0 atom stereocenters. The highest BCUT2D eigenvalue weighted by Gasteiger charge is 2.18. The maximum absolute atomic E-state index is 6.44. The van der Waals surface area contributed by atoms with Crippen LogP contribution >= 0.6 is 0 Å². The Morgan fingerprint density at radius 1 is 0.359 bits per heavy atom. The van der Waals surface area contributed by atoms with Crippen LogP contribution in [0.4, 0.5) is 0 Å². The van der Waals surface area contributed by atoms with Gasteiger partial charge in [-0.15, -0.1) is 0 Å². The van der Waals surface area contributed by atoms with Gasteiger partial charge in [0.1, 0.15) is 11.2 Å². The monoisotopic (exact) mass is 494 g/mol. The minimum Gasteiger partial charge on any atom is -0.455 e. The third-order valence-corrected chi connectivity index (χ3v) is 8.42. The van der Waals surface area contributed by atoms with Crippen molar-refractivity contribution in [2.45, 2.75) is 0 Å². The summed E-state index contributed by atoms with van der Waals surface area (Å²) < 4.78 is 6.44. The first kappa shape index (κ1) is 20.9. The molecule has 1 heterocycles. The van der Waals surface area contributed by atoms with Crippen molar-refractivity contribution in [3.8, 4) is 22.3 Å². The van der Waals surface area contributed by atoms with E-state index in [1.807, 2.05) is 6.07 Å². The quantitative estimate of drug-likeness (QED) is 0.218. The molecule has 1 nitrogen and oxygen atoms in total. The minimum atomic E-state index is 0.928. The van der Waals surface area contributed by atoms with Crippen LogP contribution in [0.1, 0.15) is 0 Å². The van der Waals surface area contributed by atoms with Crippen molar-refractivity contribution in [2.24, 2.45) is 0 Å². The van der Waals surface area contributed by atoms with E-state index >= 15 is 0 Å². The Morgan fingerprint density at radius 3 is 1.85 bits per heavy atom. The van der Waals surface area contributed by atoms with Crippen molar-refractivity contribution in [3.63, 3.8) is 0 Å². The van der Waals surface area contributed by atoms with E-state index in [1.165, 1.54) is 59.8 Å². The fraction of sp³-hybridized carbons (Fsp3) is 0. The SMILES string of the molecule is c1ccc2cc(-c3ccc4ccc5c(-c6cccc7c6oc6ccccc67)ccc6ccc3c4c65)ccc2c1. The predicted octanol–water partition coefficient (Wildman–Crippen LogP) is 11.0. The van der Waals surface area contributed by atoms with Crippen LogP contribution in [0, 0.1) is 0 Å². The van der Waals surface area contributed by atoms with Crippen molar-refractivity contribution in [3.05, 3.63) is 133 Å². The minimum absolute atomic E-state index is 0.928. The molecule has 0 unspecified atom stereocenters. The molecule has 1 heteroatoms. The molecule has 0 aliphatic heterocycles. The van der Waals surface area contributed by atoms with E-state index in [4.69, 9.17) is 4.42 Å². The van der Waals surface area contributed by atoms with E-state index in [9.17, 15) is 0 Å². The summed E-state index contributed by atoms with van der Waals surface area (Å²) in [6.45, 7) is 0. The van der Waals surface area contributed by atoms with Gasteiger partial charge in [0.2, 0.25) is 0 Å². The van der Waals surface area contributed by atoms with Crippen molar-refractivity contribution < 1.29 is 4.42 Å². The second-order valence-corrected chi connectivity index (χ2v) is 10.5. The maximum atomic E-state index is 6.44. The molecule has 0 N–H and O–H groups in total. The number of rotatable bonds is 2. The number of hydrogen-bond donors (Lipinski definition) is 0. The molecule has 39 heavy (non-hydrogen) atoms. The van der Waals surface area contributed by atoms with Crippen molar-refractivity contribution >= 4 is 65.0 Å². The van der Waals surface area contributed by atoms with Gasteiger partial charge in [0.15, 0.2) is 0 Å². The standard InChI is InChI=1S/C38H22O/c1-2-7-26-22-27(13-12-23(26)6-1)28-18-14-24-17-21-32-29(19-15-25-16-20-31(28)36(24)37(25)32)33-9-5-10-34-30-8-3-4-11-35(30)39-38(33)34/h1-22H. The van der Waals surface area contributed by atoms with Gasteiger partial charge in [-0.25, -0.2) is 0 Å². The molecule has 0 amide bonds. The van der Waals surface area contributed by atoms with E-state index in [0.29, 0.717) is 0 Å². The van der Waals surface area contributed by atoms with Crippen LogP contribution in [-0.4, -0.2) is 0 Å². The largest absolute Gasteiger partial charge is 0.455 e. The van der Waals surface area contributed by atoms with Crippen molar-refractivity contribution in [2.75, 3.05) is 0 Å². The van der Waals surface area contributed by atoms with Crippen LogP contribution in [0.5, 0.6) is 0 Å². The highest BCUT2D eigenvalue weighted by Crippen LogP contribution is 2.44. The first-order valence-electron chi connectivity index (χ1n) is 13.4. The summed E-state index contributed by atoms with van der Waals surface area (Å²) in [6.07, 6.45) is 0. The molecule has 0 bridgehead atoms. The van der Waals surface area contributed by atoms with Crippen LogP contribution in [0.2, 0.25) is 0 Å². The Bertz CT molecular complexity index is 2390. The third-order valence-electron chi connectivity index (χ3n) is 8.42. The molecule has 0 fully saturated rings. The first-order valence-corrected chi connectivity index (χ1v) is 13.4. The second kappa shape index (κ2) is 7.69. The number of hydrogen-bond acceptors (Lipinski definition) is 1. The van der Waals surface area contributed by atoms with Gasteiger partial charge in [-0.05, 0) is 71.9 Å². The lowest BCUT2D eigenvalue weighted by Gasteiger charge is -2.17. The molecule has 0 radical (unpaired) electrons. The van der Waals surface area contributed by atoms with Gasteiger partial charge in [-0.1, -0.05) is 121 Å². The Morgan fingerprint density at radius 2 is 1.00 bits per heavy atom. The highest BCUT2D eigenvalue weighted by atomic mass is 16.3. The Balaban J connectivity index is 1.35. The molecular formula is C38H22O. The van der Waals surface area contributed by atoms with Crippen LogP contribution in [0.15, 0.2) is 138 Å². The summed E-state index contributed by atoms with van der Waals surface area (Å²) >= 11 is 0. The topological polar surface area (TPSA) is 13.1 Å². The Hall–Kier alpha value is -5.14. The summed E-state index contributed by atoms with van der Waals surface area (Å²) in [6, 6.07) is 48.4. The fourth-order valence-electron chi connectivity index (χ4n) is 6.60. The lowest BCUT2D eigenvalue weighted by molar-refractivity contribution is 0.670. The zero-order chi connectivity index (χ0) is 25.5. The highest BCUT2D eigenvalue weighted by molar-refractivity contribution is 6.28. The summed E-state index contributed by atoms with van der Waals surface area (Å²) in [5.74, 6) is 0. The molecule has 1 aromatic heterocycles. The number of para-hydroxylation sites is 2. The lowest BCUT2D eigenvalue weighted by Crippen LogP contribution is -1.90. The number of fused-ring (bicyclic) bond motifs is 4. The second-order valence-electron chi connectivity index (χ2n) is 10.5. The zero-order valence-corrected chi connectivity index (χ0v) is 21.1. The van der Waals surface area contributed by atoms with E-state index in [1.54, 1.807) is 0 Å². The number of benzene rings is 8. The van der Waals surface area contributed by atoms with Crippen molar-refractivity contribution in [1.82, 2.24) is 0 Å². The summed E-state index contributed by atoms with van der Waals surface area (Å²) in [5, 5.41) is 12.6. The molecule has 180 valence electrons. The molecule has 8 aromatic carbocycles. The van der Waals surface area contributed by atoms with Gasteiger partial charge in [-0.2, -0.15) is 0 Å². The van der Waals surface area contributed by atoms with Gasteiger partial charge in [-0.3, -0.25) is 0 Å². The van der Waals surface area contributed by atoms with Crippen molar-refractivity contribution in [1.29, 1.82) is 0 Å². The summed E-state index contributed by atoms with van der Waals surface area (Å²) in [4.78, 5) is 0. The van der Waals surface area contributed by atoms with Crippen LogP contribution < -0.4 is 0 Å². The smallest absolute Gasteiger partial charge is 0.143 e. The molecule has 0 spiro atoms. The molecular weight excluding hydrogens is 472 g/mol. The average molecular weight is 495 g/mol. The Labute approximate surface area is 224 Å². The van der Waals surface area contributed by atoms with E-state index in [-0.39, 0.29) is 0 Å². The van der Waals surface area contributed by atoms with Gasteiger partial charge in [0, 0.05) is 16.3 Å². The molecule has 0 saturated carbocycles. The maximum Gasteiger partial charge on any atom is 0.143 e. The summed E-state index contributed by atoms with van der Waals surface area (Å²) in [7, 11) is 0. The lowest BCUT2D eigenvalue weighted by atomic mass is 9.87. The normalized spacial score (nSPS) is 12.1. The molecule has 9 aromatic rings. The van der Waals surface area contributed by atoms with Gasteiger partial charge >= 0.3 is 0 Å². The number of furan rings is 1. The summed E-state index contributed by atoms with van der Waals surface area (Å²) in [5.41, 5.74) is 6.74. The van der Waals surface area contributed by atoms with Gasteiger partial charge in [0.25, 0.3) is 0 Å². The van der Waals surface area contributed by atoms with Crippen LogP contribution in [0.3, 0.4) is 0 Å². The van der Waals surface area contributed by atoms with E-state index in [0.717, 1.165) is 27.5 Å². The zero-order valence-electron chi connectivity index (χ0n) is 21.1. The van der Waals surface area contributed by atoms with Crippen LogP contribution in [0.25, 0.3) is 87.3 Å². The molecule has 9 rings (SSSR count). The first-order chi connectivity index (χ1) is 19.3. The average Bonchev–Trinajstić information content (AvgIpc) is 3.38.